The number of fused-ring (bicyclic) bond motifs is 1. The first-order valence-electron chi connectivity index (χ1n) is 5.90. The highest BCUT2D eigenvalue weighted by Crippen LogP contribution is 2.26. The van der Waals surface area contributed by atoms with E-state index in [0.717, 1.165) is 27.5 Å². The lowest BCUT2D eigenvalue weighted by molar-refractivity contribution is 0.0958. The fraction of sp³-hybridized carbons (Fsp3) is 0.357. The summed E-state index contributed by atoms with van der Waals surface area (Å²) in [5.74, 6) is 0.865. The third-order valence-electron chi connectivity index (χ3n) is 2.85. The van der Waals surface area contributed by atoms with Crippen LogP contribution in [0, 0.1) is 0 Å². The lowest BCUT2D eigenvalue weighted by atomic mass is 10.2. The monoisotopic (exact) mass is 309 g/mol. The van der Waals surface area contributed by atoms with Crippen molar-refractivity contribution in [3.05, 3.63) is 34.9 Å². The molecule has 0 radical (unpaired) electrons. The van der Waals surface area contributed by atoms with Crippen LogP contribution < -0.4 is 4.74 Å². The molecular formula is C14H16BrNO2. The zero-order valence-electron chi connectivity index (χ0n) is 10.5. The standard InChI is InChI=1S/C14H16BrNO2/c1-10(17-2)6-8-18-14-5-7-16-13-4-3-11(15)9-12(13)14/h3-5,7,9-10H,6,8H2,1-2H3. The molecule has 0 aliphatic carbocycles. The summed E-state index contributed by atoms with van der Waals surface area (Å²) in [6.07, 6.45) is 2.85. The summed E-state index contributed by atoms with van der Waals surface area (Å²) in [6, 6.07) is 7.87. The quantitative estimate of drug-likeness (QED) is 0.842. The van der Waals surface area contributed by atoms with Crippen LogP contribution in [0.25, 0.3) is 10.9 Å². The van der Waals surface area contributed by atoms with Crippen LogP contribution >= 0.6 is 15.9 Å². The van der Waals surface area contributed by atoms with E-state index in [1.165, 1.54) is 0 Å². The molecule has 0 spiro atoms. The summed E-state index contributed by atoms with van der Waals surface area (Å²) < 4.78 is 12.0. The maximum Gasteiger partial charge on any atom is 0.130 e. The molecule has 0 aliphatic rings. The van der Waals surface area contributed by atoms with Gasteiger partial charge in [-0.05, 0) is 31.2 Å². The summed E-state index contributed by atoms with van der Waals surface area (Å²) in [5.41, 5.74) is 0.940. The van der Waals surface area contributed by atoms with Gasteiger partial charge in [-0.2, -0.15) is 0 Å². The van der Waals surface area contributed by atoms with E-state index in [1.807, 2.05) is 31.2 Å². The number of aromatic nitrogens is 1. The van der Waals surface area contributed by atoms with Crippen LogP contribution in [0.15, 0.2) is 34.9 Å². The first kappa shape index (κ1) is 13.3. The molecule has 0 fully saturated rings. The van der Waals surface area contributed by atoms with Crippen LogP contribution in [0.1, 0.15) is 13.3 Å². The molecule has 18 heavy (non-hydrogen) atoms. The number of hydrogen-bond acceptors (Lipinski definition) is 3. The maximum absolute atomic E-state index is 5.81. The number of ether oxygens (including phenoxy) is 2. The van der Waals surface area contributed by atoms with Crippen molar-refractivity contribution in [1.82, 2.24) is 4.98 Å². The van der Waals surface area contributed by atoms with E-state index in [1.54, 1.807) is 13.3 Å². The number of hydrogen-bond donors (Lipinski definition) is 0. The molecule has 0 N–H and O–H groups in total. The van der Waals surface area contributed by atoms with Gasteiger partial charge in [-0.1, -0.05) is 15.9 Å². The number of methoxy groups -OCH3 is 1. The summed E-state index contributed by atoms with van der Waals surface area (Å²) in [7, 11) is 1.71. The Labute approximate surface area is 115 Å². The number of rotatable bonds is 5. The van der Waals surface area contributed by atoms with Gasteiger partial charge in [-0.3, -0.25) is 4.98 Å². The average molecular weight is 310 g/mol. The van der Waals surface area contributed by atoms with Crippen molar-refractivity contribution >= 4 is 26.8 Å². The third kappa shape index (κ3) is 3.21. The van der Waals surface area contributed by atoms with E-state index in [0.29, 0.717) is 6.61 Å². The minimum absolute atomic E-state index is 0.213. The maximum atomic E-state index is 5.81. The van der Waals surface area contributed by atoms with Crippen molar-refractivity contribution in [2.75, 3.05) is 13.7 Å². The molecule has 1 aromatic carbocycles. The summed E-state index contributed by atoms with van der Waals surface area (Å²) in [4.78, 5) is 4.32. The second-order valence-corrected chi connectivity index (χ2v) is 5.07. The van der Waals surface area contributed by atoms with Gasteiger partial charge in [0.2, 0.25) is 0 Å². The molecule has 0 saturated carbocycles. The zero-order chi connectivity index (χ0) is 13.0. The van der Waals surface area contributed by atoms with Crippen molar-refractivity contribution in [2.24, 2.45) is 0 Å². The van der Waals surface area contributed by atoms with Gasteiger partial charge in [-0.15, -0.1) is 0 Å². The van der Waals surface area contributed by atoms with Crippen LogP contribution in [-0.2, 0) is 4.74 Å². The van der Waals surface area contributed by atoms with E-state index in [2.05, 4.69) is 20.9 Å². The molecule has 1 aromatic heterocycles. The SMILES string of the molecule is COC(C)CCOc1ccnc2ccc(Br)cc12. The number of halogens is 1. The zero-order valence-corrected chi connectivity index (χ0v) is 12.1. The minimum Gasteiger partial charge on any atom is -0.493 e. The molecule has 1 atom stereocenters. The Morgan fingerprint density at radius 1 is 1.33 bits per heavy atom. The second-order valence-electron chi connectivity index (χ2n) is 4.15. The molecule has 1 unspecified atom stereocenters. The van der Waals surface area contributed by atoms with E-state index >= 15 is 0 Å². The molecule has 2 rings (SSSR count). The average Bonchev–Trinajstić information content (AvgIpc) is 2.39. The van der Waals surface area contributed by atoms with Crippen LogP contribution in [0.5, 0.6) is 5.75 Å². The van der Waals surface area contributed by atoms with Gasteiger partial charge in [0.15, 0.2) is 0 Å². The van der Waals surface area contributed by atoms with Gasteiger partial charge in [-0.25, -0.2) is 0 Å². The third-order valence-corrected chi connectivity index (χ3v) is 3.34. The molecule has 0 bridgehead atoms. The van der Waals surface area contributed by atoms with Gasteiger partial charge in [0.05, 0.1) is 18.2 Å². The lowest BCUT2D eigenvalue weighted by Crippen LogP contribution is -2.10. The fourth-order valence-electron chi connectivity index (χ4n) is 1.67. The minimum atomic E-state index is 0.213. The first-order chi connectivity index (χ1) is 8.70. The van der Waals surface area contributed by atoms with E-state index < -0.39 is 0 Å². The Kier molecular flexibility index (Phi) is 4.55. The Morgan fingerprint density at radius 3 is 2.94 bits per heavy atom. The van der Waals surface area contributed by atoms with Crippen LogP contribution in [-0.4, -0.2) is 24.8 Å². The second kappa shape index (κ2) is 6.16. The molecule has 0 aliphatic heterocycles. The molecule has 3 nitrogen and oxygen atoms in total. The van der Waals surface area contributed by atoms with Crippen LogP contribution in [0.3, 0.4) is 0 Å². The molecule has 96 valence electrons. The van der Waals surface area contributed by atoms with E-state index in [9.17, 15) is 0 Å². The largest absolute Gasteiger partial charge is 0.493 e. The highest BCUT2D eigenvalue weighted by molar-refractivity contribution is 9.10. The number of benzene rings is 1. The van der Waals surface area contributed by atoms with Crippen molar-refractivity contribution in [3.63, 3.8) is 0 Å². The Balaban J connectivity index is 2.15. The van der Waals surface area contributed by atoms with E-state index in [4.69, 9.17) is 9.47 Å². The summed E-state index contributed by atoms with van der Waals surface area (Å²) >= 11 is 3.47. The number of pyridine rings is 1. The molecule has 4 heteroatoms. The van der Waals surface area contributed by atoms with Crippen LogP contribution in [0.4, 0.5) is 0 Å². The highest BCUT2D eigenvalue weighted by atomic mass is 79.9. The van der Waals surface area contributed by atoms with Crippen molar-refractivity contribution < 1.29 is 9.47 Å². The predicted octanol–water partition coefficient (Wildman–Crippen LogP) is 3.80. The highest BCUT2D eigenvalue weighted by Gasteiger charge is 2.05. The topological polar surface area (TPSA) is 31.4 Å². The van der Waals surface area contributed by atoms with Gasteiger partial charge in [0.1, 0.15) is 5.75 Å². The van der Waals surface area contributed by atoms with Gasteiger partial charge >= 0.3 is 0 Å². The Morgan fingerprint density at radius 2 is 2.17 bits per heavy atom. The van der Waals surface area contributed by atoms with Gasteiger partial charge in [0, 0.05) is 29.6 Å². The normalized spacial score (nSPS) is 12.6. The Hall–Kier alpha value is -1.13. The number of nitrogens with zero attached hydrogens (tertiary/aromatic N) is 1. The summed E-state index contributed by atoms with van der Waals surface area (Å²) in [6.45, 7) is 2.67. The van der Waals surface area contributed by atoms with E-state index in [-0.39, 0.29) is 6.10 Å². The molecule has 2 aromatic rings. The predicted molar refractivity (Wildman–Crippen MR) is 76.0 cm³/mol. The van der Waals surface area contributed by atoms with Gasteiger partial charge < -0.3 is 9.47 Å². The molecular weight excluding hydrogens is 294 g/mol. The van der Waals surface area contributed by atoms with Crippen molar-refractivity contribution in [2.45, 2.75) is 19.4 Å². The van der Waals surface area contributed by atoms with Gasteiger partial charge in [0.25, 0.3) is 0 Å². The van der Waals surface area contributed by atoms with Crippen LogP contribution in [0.2, 0.25) is 0 Å². The van der Waals surface area contributed by atoms with Crippen molar-refractivity contribution in [1.29, 1.82) is 0 Å². The first-order valence-corrected chi connectivity index (χ1v) is 6.70. The Bertz CT molecular complexity index is 530. The molecule has 0 amide bonds. The smallest absolute Gasteiger partial charge is 0.130 e. The lowest BCUT2D eigenvalue weighted by Gasteiger charge is -2.12. The molecule has 1 heterocycles. The summed E-state index contributed by atoms with van der Waals surface area (Å²) in [5, 5.41) is 1.02. The molecule has 0 saturated heterocycles. The fourth-order valence-corrected chi connectivity index (χ4v) is 2.03. The van der Waals surface area contributed by atoms with Crippen molar-refractivity contribution in [3.8, 4) is 5.75 Å².